The average molecular weight is 633 g/mol. The van der Waals surface area contributed by atoms with Crippen LogP contribution in [0.3, 0.4) is 0 Å². The Hall–Kier alpha value is -3.34. The van der Waals surface area contributed by atoms with Gasteiger partial charge >= 0.3 is 6.09 Å². The van der Waals surface area contributed by atoms with Gasteiger partial charge in [0.2, 0.25) is 5.91 Å². The molecule has 0 spiro atoms. The molecule has 10 heteroatoms. The molecule has 0 aliphatic heterocycles. The van der Waals surface area contributed by atoms with E-state index in [2.05, 4.69) is 42.5 Å². The summed E-state index contributed by atoms with van der Waals surface area (Å²) in [6.07, 6.45) is 1.70. The number of amides is 2. The normalized spacial score (nSPS) is 12.6. The van der Waals surface area contributed by atoms with Gasteiger partial charge in [-0.3, -0.25) is 10.1 Å². The maximum absolute atomic E-state index is 12.7. The van der Waals surface area contributed by atoms with Crippen molar-refractivity contribution >= 4 is 60.9 Å². The van der Waals surface area contributed by atoms with Crippen molar-refractivity contribution in [1.29, 1.82) is 0 Å². The topological polar surface area (TPSA) is 123 Å². The summed E-state index contributed by atoms with van der Waals surface area (Å²) < 4.78 is 13.0. The first-order valence-electron chi connectivity index (χ1n) is 11.3. The molecule has 0 bridgehead atoms. The number of nitrogen functional groups attached to an aromatic ring is 1. The van der Waals surface area contributed by atoms with Crippen molar-refractivity contribution in [3.8, 4) is 5.75 Å². The number of rotatable bonds is 10. The summed E-state index contributed by atoms with van der Waals surface area (Å²) in [5, 5.41) is 15.9. The second kappa shape index (κ2) is 13.8. The lowest BCUT2D eigenvalue weighted by molar-refractivity contribution is -0.111. The van der Waals surface area contributed by atoms with Crippen molar-refractivity contribution in [2.75, 3.05) is 23.5 Å². The fourth-order valence-electron chi connectivity index (χ4n) is 3.52. The Morgan fingerprint density at radius 3 is 2.43 bits per heavy atom. The molecule has 0 saturated heterocycles. The molecular formula is C27H27Br2N3O5. The number of aromatic hydroxyl groups is 1. The SMILES string of the molecule is CO[C@@H](CC/C=C/C(=O)Nc1ccccc1N)[C@@H](OC(=O)Nc1ccc(Br)cc1)c1cc(Br)ccc1O. The molecule has 0 saturated carbocycles. The van der Waals surface area contributed by atoms with Gasteiger partial charge in [-0.25, -0.2) is 4.79 Å². The quantitative estimate of drug-likeness (QED) is 0.144. The lowest BCUT2D eigenvalue weighted by atomic mass is 9.99. The molecule has 2 atom stereocenters. The number of nitrogens with one attached hydrogen (secondary N) is 2. The number of carbonyl (C=O) groups excluding carboxylic acids is 2. The highest BCUT2D eigenvalue weighted by molar-refractivity contribution is 9.10. The van der Waals surface area contributed by atoms with E-state index in [0.717, 1.165) is 4.47 Å². The van der Waals surface area contributed by atoms with E-state index in [1.165, 1.54) is 19.3 Å². The second-order valence-corrected chi connectivity index (χ2v) is 9.82. The molecule has 37 heavy (non-hydrogen) atoms. The minimum Gasteiger partial charge on any atom is -0.508 e. The van der Waals surface area contributed by atoms with E-state index >= 15 is 0 Å². The molecule has 194 valence electrons. The van der Waals surface area contributed by atoms with Crippen molar-refractivity contribution in [3.63, 3.8) is 0 Å². The zero-order valence-corrected chi connectivity index (χ0v) is 23.2. The third kappa shape index (κ3) is 8.63. The molecule has 8 nitrogen and oxygen atoms in total. The summed E-state index contributed by atoms with van der Waals surface area (Å²) in [6, 6.07) is 18.9. The lowest BCUT2D eigenvalue weighted by Crippen LogP contribution is -2.28. The van der Waals surface area contributed by atoms with Gasteiger partial charge in [-0.1, -0.05) is 50.1 Å². The van der Waals surface area contributed by atoms with Gasteiger partial charge in [0.25, 0.3) is 0 Å². The van der Waals surface area contributed by atoms with Crippen LogP contribution in [0, 0.1) is 0 Å². The van der Waals surface area contributed by atoms with Crippen molar-refractivity contribution < 1.29 is 24.2 Å². The van der Waals surface area contributed by atoms with E-state index < -0.39 is 18.3 Å². The maximum Gasteiger partial charge on any atom is 0.412 e. The predicted octanol–water partition coefficient (Wildman–Crippen LogP) is 6.78. The second-order valence-electron chi connectivity index (χ2n) is 7.99. The average Bonchev–Trinajstić information content (AvgIpc) is 2.87. The van der Waals surface area contributed by atoms with Crippen molar-refractivity contribution in [3.05, 3.63) is 93.4 Å². The Kier molecular flexibility index (Phi) is 10.6. The molecule has 0 fully saturated rings. The van der Waals surface area contributed by atoms with Crippen LogP contribution in [0.4, 0.5) is 21.9 Å². The van der Waals surface area contributed by atoms with Crippen LogP contribution in [0.1, 0.15) is 24.5 Å². The van der Waals surface area contributed by atoms with Gasteiger partial charge in [0.05, 0.1) is 17.5 Å². The molecule has 0 aromatic heterocycles. The van der Waals surface area contributed by atoms with E-state index in [9.17, 15) is 14.7 Å². The van der Waals surface area contributed by atoms with Gasteiger partial charge in [-0.05, 0) is 73.5 Å². The molecular weight excluding hydrogens is 606 g/mol. The molecule has 3 aromatic carbocycles. The Labute approximate surface area is 232 Å². The van der Waals surface area contributed by atoms with Crippen LogP contribution in [0.25, 0.3) is 0 Å². The number of anilines is 3. The number of para-hydroxylation sites is 2. The molecule has 3 rings (SSSR count). The number of nitrogens with two attached hydrogens (primary N) is 1. The van der Waals surface area contributed by atoms with Gasteiger partial charge in [0.15, 0.2) is 6.10 Å². The van der Waals surface area contributed by atoms with Gasteiger partial charge in [-0.15, -0.1) is 0 Å². The summed E-state index contributed by atoms with van der Waals surface area (Å²) in [6.45, 7) is 0. The highest BCUT2D eigenvalue weighted by atomic mass is 79.9. The fraction of sp³-hybridized carbons (Fsp3) is 0.185. The van der Waals surface area contributed by atoms with Gasteiger partial charge in [-0.2, -0.15) is 0 Å². The Bertz CT molecular complexity index is 1250. The van der Waals surface area contributed by atoms with Gasteiger partial charge in [0, 0.05) is 27.3 Å². The first-order valence-corrected chi connectivity index (χ1v) is 12.9. The number of hydrogen-bond acceptors (Lipinski definition) is 6. The summed E-state index contributed by atoms with van der Waals surface area (Å²) in [5.41, 5.74) is 7.79. The summed E-state index contributed by atoms with van der Waals surface area (Å²) in [5.74, 6) is -0.361. The van der Waals surface area contributed by atoms with E-state index in [1.807, 2.05) is 0 Å². The van der Waals surface area contributed by atoms with E-state index in [4.69, 9.17) is 15.2 Å². The van der Waals surface area contributed by atoms with Crippen LogP contribution >= 0.6 is 31.9 Å². The molecule has 5 N–H and O–H groups in total. The van der Waals surface area contributed by atoms with Crippen molar-refractivity contribution in [1.82, 2.24) is 0 Å². The van der Waals surface area contributed by atoms with Crippen LogP contribution in [-0.4, -0.2) is 30.3 Å². The summed E-state index contributed by atoms with van der Waals surface area (Å²) in [4.78, 5) is 25.0. The minimum atomic E-state index is -0.927. The zero-order valence-electron chi connectivity index (χ0n) is 20.0. The number of halogens is 2. The lowest BCUT2D eigenvalue weighted by Gasteiger charge is -2.27. The minimum absolute atomic E-state index is 0.0398. The number of hydrogen-bond donors (Lipinski definition) is 4. The van der Waals surface area contributed by atoms with Gasteiger partial charge < -0.3 is 25.6 Å². The predicted molar refractivity (Wildman–Crippen MR) is 151 cm³/mol. The molecule has 0 unspecified atom stereocenters. The number of allylic oxidation sites excluding steroid dienone is 1. The number of benzene rings is 3. The molecule has 0 heterocycles. The zero-order chi connectivity index (χ0) is 26.8. The van der Waals surface area contributed by atoms with E-state index in [-0.39, 0.29) is 11.7 Å². The Morgan fingerprint density at radius 1 is 1.03 bits per heavy atom. The van der Waals surface area contributed by atoms with Crippen LogP contribution in [0.15, 0.2) is 87.8 Å². The highest BCUT2D eigenvalue weighted by Crippen LogP contribution is 2.35. The number of ether oxygens (including phenoxy) is 2. The number of phenols is 1. The van der Waals surface area contributed by atoms with E-state index in [0.29, 0.717) is 39.9 Å². The van der Waals surface area contributed by atoms with Crippen LogP contribution in [-0.2, 0) is 14.3 Å². The molecule has 0 aliphatic rings. The van der Waals surface area contributed by atoms with Crippen LogP contribution in [0.2, 0.25) is 0 Å². The number of phenolic OH excluding ortho intramolecular Hbond substituents is 1. The third-order valence-corrected chi connectivity index (χ3v) is 6.39. The molecule has 0 radical (unpaired) electrons. The van der Waals surface area contributed by atoms with Crippen LogP contribution in [0.5, 0.6) is 5.75 Å². The first kappa shape index (κ1) is 28.2. The number of carbonyl (C=O) groups is 2. The fourth-order valence-corrected chi connectivity index (χ4v) is 4.16. The molecule has 3 aromatic rings. The summed E-state index contributed by atoms with van der Waals surface area (Å²) >= 11 is 6.75. The Morgan fingerprint density at radius 2 is 1.73 bits per heavy atom. The smallest absolute Gasteiger partial charge is 0.412 e. The highest BCUT2D eigenvalue weighted by Gasteiger charge is 2.29. The number of methoxy groups -OCH3 is 1. The summed E-state index contributed by atoms with van der Waals surface area (Å²) in [7, 11) is 1.50. The maximum atomic E-state index is 12.7. The molecule has 0 aliphatic carbocycles. The van der Waals surface area contributed by atoms with Gasteiger partial charge in [0.1, 0.15) is 5.75 Å². The largest absolute Gasteiger partial charge is 0.508 e. The van der Waals surface area contributed by atoms with Crippen molar-refractivity contribution in [2.45, 2.75) is 25.0 Å². The third-order valence-electron chi connectivity index (χ3n) is 5.37. The van der Waals surface area contributed by atoms with Crippen molar-refractivity contribution in [2.24, 2.45) is 0 Å². The molecule has 2 amide bonds. The standard InChI is InChI=1S/C27H27Br2N3O5/c1-36-24(8-4-5-9-25(34)32-22-7-3-2-6-21(22)30)26(20-16-18(29)12-15-23(20)33)37-27(35)31-19-13-10-17(28)11-14-19/h2-3,5-7,9-16,24,26,33H,4,8,30H2,1H3,(H,31,35)(H,32,34)/b9-5+/t24-,26-/m0/s1. The Balaban J connectivity index is 1.69. The monoisotopic (exact) mass is 631 g/mol. The van der Waals surface area contributed by atoms with E-state index in [1.54, 1.807) is 66.7 Å². The first-order chi connectivity index (χ1) is 17.8. The van der Waals surface area contributed by atoms with Crippen LogP contribution < -0.4 is 16.4 Å².